The Labute approximate surface area is 148 Å². The highest BCUT2D eigenvalue weighted by atomic mass is 16.6. The Hall–Kier alpha value is -2.60. The highest BCUT2D eigenvalue weighted by Crippen LogP contribution is 2.26. The van der Waals surface area contributed by atoms with Gasteiger partial charge in [0.15, 0.2) is 0 Å². The van der Waals surface area contributed by atoms with E-state index in [1.807, 2.05) is 19.2 Å². The first-order valence-corrected chi connectivity index (χ1v) is 8.09. The molecule has 6 nitrogen and oxygen atoms in total. The number of hydrogen-bond acceptors (Lipinski definition) is 5. The Balaban J connectivity index is 2.08. The minimum absolute atomic E-state index is 0.0759. The molecule has 134 valence electrons. The van der Waals surface area contributed by atoms with Gasteiger partial charge in [-0.25, -0.2) is 0 Å². The van der Waals surface area contributed by atoms with Crippen molar-refractivity contribution in [2.75, 3.05) is 21.3 Å². The minimum Gasteiger partial charge on any atom is -0.497 e. The molecule has 0 saturated heterocycles. The van der Waals surface area contributed by atoms with Gasteiger partial charge in [0.1, 0.15) is 11.5 Å². The molecule has 6 heteroatoms. The summed E-state index contributed by atoms with van der Waals surface area (Å²) in [5.74, 6) is 1.50. The average molecular weight is 344 g/mol. The van der Waals surface area contributed by atoms with Crippen LogP contribution in [0.15, 0.2) is 42.5 Å². The summed E-state index contributed by atoms with van der Waals surface area (Å²) in [6, 6.07) is 13.0. The molecule has 0 fully saturated rings. The van der Waals surface area contributed by atoms with Gasteiger partial charge in [-0.2, -0.15) is 0 Å². The number of nitro groups is 1. The van der Waals surface area contributed by atoms with Crippen molar-refractivity contribution < 1.29 is 14.4 Å². The number of nitro benzene ring substituents is 1. The highest BCUT2D eigenvalue weighted by molar-refractivity contribution is 5.43. The molecule has 1 unspecified atom stereocenters. The van der Waals surface area contributed by atoms with Crippen LogP contribution in [0, 0.1) is 10.1 Å². The fraction of sp³-hybridized carbons (Fsp3) is 0.368. The van der Waals surface area contributed by atoms with Gasteiger partial charge in [0.25, 0.3) is 5.69 Å². The molecule has 0 aromatic heterocycles. The van der Waals surface area contributed by atoms with Gasteiger partial charge in [0, 0.05) is 30.3 Å². The molecule has 0 spiro atoms. The molecule has 0 heterocycles. The summed E-state index contributed by atoms with van der Waals surface area (Å²) in [7, 11) is 5.23. The van der Waals surface area contributed by atoms with E-state index in [4.69, 9.17) is 9.47 Å². The average Bonchev–Trinajstić information content (AvgIpc) is 2.62. The van der Waals surface area contributed by atoms with Gasteiger partial charge in [-0.05, 0) is 44.2 Å². The van der Waals surface area contributed by atoms with E-state index in [1.165, 1.54) is 11.6 Å². The van der Waals surface area contributed by atoms with Crippen molar-refractivity contribution >= 4 is 5.69 Å². The molecular formula is C19H24N2O4. The number of rotatable bonds is 8. The van der Waals surface area contributed by atoms with Crippen LogP contribution in [0.4, 0.5) is 5.69 Å². The summed E-state index contributed by atoms with van der Waals surface area (Å²) < 4.78 is 10.5. The molecule has 2 aromatic rings. The summed E-state index contributed by atoms with van der Waals surface area (Å²) in [5, 5.41) is 11.0. The Morgan fingerprint density at radius 3 is 2.36 bits per heavy atom. The van der Waals surface area contributed by atoms with E-state index >= 15 is 0 Å². The van der Waals surface area contributed by atoms with E-state index in [2.05, 4.69) is 24.0 Å². The largest absolute Gasteiger partial charge is 0.497 e. The lowest BCUT2D eigenvalue weighted by Gasteiger charge is -2.25. The molecule has 0 radical (unpaired) electrons. The maximum absolute atomic E-state index is 11.0. The van der Waals surface area contributed by atoms with E-state index in [0.717, 1.165) is 17.7 Å². The van der Waals surface area contributed by atoms with Gasteiger partial charge in [-0.3, -0.25) is 15.0 Å². The number of benzene rings is 2. The van der Waals surface area contributed by atoms with Gasteiger partial charge >= 0.3 is 0 Å². The quantitative estimate of drug-likeness (QED) is 0.540. The second kappa shape index (κ2) is 8.48. The molecular weight excluding hydrogens is 320 g/mol. The van der Waals surface area contributed by atoms with Crippen molar-refractivity contribution in [3.63, 3.8) is 0 Å². The summed E-state index contributed by atoms with van der Waals surface area (Å²) in [4.78, 5) is 12.8. The molecule has 0 saturated carbocycles. The van der Waals surface area contributed by atoms with Crippen molar-refractivity contribution in [2.24, 2.45) is 0 Å². The first-order chi connectivity index (χ1) is 11.9. The monoisotopic (exact) mass is 344 g/mol. The Bertz CT molecular complexity index is 716. The van der Waals surface area contributed by atoms with Gasteiger partial charge in [-0.15, -0.1) is 0 Å². The lowest BCUT2D eigenvalue weighted by molar-refractivity contribution is -0.385. The van der Waals surface area contributed by atoms with Gasteiger partial charge in [0.05, 0.1) is 19.1 Å². The van der Waals surface area contributed by atoms with Crippen LogP contribution in [0.3, 0.4) is 0 Å². The second-order valence-corrected chi connectivity index (χ2v) is 6.07. The molecule has 2 aromatic carbocycles. The standard InChI is InChI=1S/C19H24N2O4/c1-14(11-15-5-8-18(24-3)9-6-15)20(2)13-16-12-17(21(22)23)7-10-19(16)25-4/h5-10,12,14H,11,13H2,1-4H3. The van der Waals surface area contributed by atoms with Crippen molar-refractivity contribution in [2.45, 2.75) is 25.9 Å². The maximum atomic E-state index is 11.0. The Morgan fingerprint density at radius 1 is 1.12 bits per heavy atom. The number of non-ortho nitro benzene ring substituents is 1. The van der Waals surface area contributed by atoms with Crippen LogP contribution < -0.4 is 9.47 Å². The third-order valence-corrected chi connectivity index (χ3v) is 4.34. The summed E-state index contributed by atoms with van der Waals surface area (Å²) in [6.45, 7) is 2.70. The molecule has 1 atom stereocenters. The van der Waals surface area contributed by atoms with Gasteiger partial charge in [-0.1, -0.05) is 12.1 Å². The van der Waals surface area contributed by atoms with Crippen molar-refractivity contribution in [3.05, 3.63) is 63.7 Å². The Kier molecular flexibility index (Phi) is 6.36. The van der Waals surface area contributed by atoms with Crippen LogP contribution in [-0.4, -0.2) is 37.1 Å². The van der Waals surface area contributed by atoms with Crippen molar-refractivity contribution in [1.82, 2.24) is 4.90 Å². The molecule has 0 N–H and O–H groups in total. The number of nitrogens with zero attached hydrogens (tertiary/aromatic N) is 2. The van der Waals surface area contributed by atoms with Crippen LogP contribution in [0.25, 0.3) is 0 Å². The minimum atomic E-state index is -0.385. The first kappa shape index (κ1) is 18.7. The zero-order chi connectivity index (χ0) is 18.4. The summed E-state index contributed by atoms with van der Waals surface area (Å²) in [6.07, 6.45) is 0.873. The lowest BCUT2D eigenvalue weighted by atomic mass is 10.0. The Morgan fingerprint density at radius 2 is 1.80 bits per heavy atom. The van der Waals surface area contributed by atoms with Gasteiger partial charge in [0.2, 0.25) is 0 Å². The highest BCUT2D eigenvalue weighted by Gasteiger charge is 2.16. The van der Waals surface area contributed by atoms with E-state index in [-0.39, 0.29) is 16.7 Å². The molecule has 0 bridgehead atoms. The van der Waals surface area contributed by atoms with E-state index in [9.17, 15) is 10.1 Å². The van der Waals surface area contributed by atoms with Crippen LogP contribution >= 0.6 is 0 Å². The normalized spacial score (nSPS) is 12.0. The van der Waals surface area contributed by atoms with Crippen LogP contribution in [0.2, 0.25) is 0 Å². The smallest absolute Gasteiger partial charge is 0.270 e. The molecule has 0 aliphatic carbocycles. The SMILES string of the molecule is COc1ccc(CC(C)N(C)Cc2cc([N+](=O)[O-])ccc2OC)cc1. The fourth-order valence-electron chi connectivity index (χ4n) is 2.69. The lowest BCUT2D eigenvalue weighted by Crippen LogP contribution is -2.30. The first-order valence-electron chi connectivity index (χ1n) is 8.09. The molecule has 0 aliphatic rings. The van der Waals surface area contributed by atoms with E-state index in [0.29, 0.717) is 12.3 Å². The molecule has 0 amide bonds. The fourth-order valence-corrected chi connectivity index (χ4v) is 2.69. The van der Waals surface area contributed by atoms with E-state index in [1.54, 1.807) is 26.4 Å². The number of likely N-dealkylation sites (N-methyl/N-ethyl adjacent to an activating group) is 1. The zero-order valence-corrected chi connectivity index (χ0v) is 15.1. The van der Waals surface area contributed by atoms with Crippen LogP contribution in [0.1, 0.15) is 18.1 Å². The van der Waals surface area contributed by atoms with E-state index < -0.39 is 0 Å². The predicted molar refractivity (Wildman–Crippen MR) is 97.3 cm³/mol. The van der Waals surface area contributed by atoms with Crippen molar-refractivity contribution in [3.8, 4) is 11.5 Å². The summed E-state index contributed by atoms with van der Waals surface area (Å²) in [5.41, 5.74) is 2.10. The van der Waals surface area contributed by atoms with Gasteiger partial charge < -0.3 is 9.47 Å². The number of hydrogen-bond donors (Lipinski definition) is 0. The molecule has 0 aliphatic heterocycles. The van der Waals surface area contributed by atoms with Crippen molar-refractivity contribution in [1.29, 1.82) is 0 Å². The van der Waals surface area contributed by atoms with Crippen LogP contribution in [-0.2, 0) is 13.0 Å². The van der Waals surface area contributed by atoms with Crippen LogP contribution in [0.5, 0.6) is 11.5 Å². The molecule has 25 heavy (non-hydrogen) atoms. The third-order valence-electron chi connectivity index (χ3n) is 4.34. The molecule has 2 rings (SSSR count). The topological polar surface area (TPSA) is 64.8 Å². The number of ether oxygens (including phenoxy) is 2. The predicted octanol–water partition coefficient (Wildman–Crippen LogP) is 3.68. The third kappa shape index (κ3) is 4.93. The maximum Gasteiger partial charge on any atom is 0.270 e. The second-order valence-electron chi connectivity index (χ2n) is 6.07. The number of methoxy groups -OCH3 is 2. The zero-order valence-electron chi connectivity index (χ0n) is 15.1. The summed E-state index contributed by atoms with van der Waals surface area (Å²) >= 11 is 0.